The number of aromatic carboxylic acids is 1. The van der Waals surface area contributed by atoms with Gasteiger partial charge in [-0.25, -0.2) is 14.6 Å². The van der Waals surface area contributed by atoms with Crippen LogP contribution in [0.25, 0.3) is 5.52 Å². The number of esters is 1. The van der Waals surface area contributed by atoms with Gasteiger partial charge in [0, 0.05) is 17.5 Å². The van der Waals surface area contributed by atoms with Crippen molar-refractivity contribution in [3.8, 4) is 0 Å². The number of pyridine rings is 1. The second kappa shape index (κ2) is 5.61. The Morgan fingerprint density at radius 3 is 2.82 bits per heavy atom. The third-order valence-electron chi connectivity index (χ3n) is 3.25. The molecule has 3 aromatic heterocycles. The molecule has 0 aromatic carbocycles. The SMILES string of the molecule is COC(=O)c1ccc2c(C(=O)O)nc(Cc3cccs3)n2c1. The van der Waals surface area contributed by atoms with Crippen LogP contribution in [0.5, 0.6) is 0 Å². The van der Waals surface area contributed by atoms with Crippen molar-refractivity contribution in [3.63, 3.8) is 0 Å². The van der Waals surface area contributed by atoms with Crippen LogP contribution in [0.2, 0.25) is 0 Å². The molecule has 0 aliphatic rings. The van der Waals surface area contributed by atoms with Gasteiger partial charge in [-0.05, 0) is 23.6 Å². The summed E-state index contributed by atoms with van der Waals surface area (Å²) >= 11 is 1.57. The number of carbonyl (C=O) groups excluding carboxylic acids is 1. The van der Waals surface area contributed by atoms with Crippen LogP contribution in [0, 0.1) is 0 Å². The van der Waals surface area contributed by atoms with E-state index in [9.17, 15) is 14.7 Å². The molecule has 0 fully saturated rings. The maximum absolute atomic E-state index is 11.7. The summed E-state index contributed by atoms with van der Waals surface area (Å²) < 4.78 is 6.33. The molecular weight excluding hydrogens is 304 g/mol. The molecule has 0 unspecified atom stereocenters. The van der Waals surface area contributed by atoms with Crippen molar-refractivity contribution in [2.75, 3.05) is 7.11 Å². The molecule has 0 bridgehead atoms. The number of hydrogen-bond acceptors (Lipinski definition) is 5. The lowest BCUT2D eigenvalue weighted by atomic mass is 10.2. The molecule has 0 amide bonds. The Bertz CT molecular complexity index is 852. The van der Waals surface area contributed by atoms with Gasteiger partial charge in [-0.15, -0.1) is 11.3 Å². The number of hydrogen-bond donors (Lipinski definition) is 1. The van der Waals surface area contributed by atoms with Gasteiger partial charge < -0.3 is 14.2 Å². The summed E-state index contributed by atoms with van der Waals surface area (Å²) in [6, 6.07) is 6.98. The fourth-order valence-corrected chi connectivity index (χ4v) is 2.94. The zero-order chi connectivity index (χ0) is 15.7. The van der Waals surface area contributed by atoms with Crippen LogP contribution in [0.1, 0.15) is 31.5 Å². The maximum atomic E-state index is 11.7. The first-order valence-electron chi connectivity index (χ1n) is 6.45. The highest BCUT2D eigenvalue weighted by Crippen LogP contribution is 2.20. The number of methoxy groups -OCH3 is 1. The van der Waals surface area contributed by atoms with Gasteiger partial charge in [0.25, 0.3) is 0 Å². The average Bonchev–Trinajstić information content (AvgIpc) is 3.14. The van der Waals surface area contributed by atoms with Crippen molar-refractivity contribution in [2.24, 2.45) is 0 Å². The molecule has 22 heavy (non-hydrogen) atoms. The average molecular weight is 316 g/mol. The van der Waals surface area contributed by atoms with Gasteiger partial charge in [0.15, 0.2) is 5.69 Å². The molecule has 112 valence electrons. The Hall–Kier alpha value is -2.67. The quantitative estimate of drug-likeness (QED) is 0.748. The Labute approximate surface area is 129 Å². The van der Waals surface area contributed by atoms with Crippen LogP contribution in [0.4, 0.5) is 0 Å². The van der Waals surface area contributed by atoms with Crippen molar-refractivity contribution in [1.29, 1.82) is 0 Å². The van der Waals surface area contributed by atoms with E-state index < -0.39 is 11.9 Å². The summed E-state index contributed by atoms with van der Waals surface area (Å²) in [6.45, 7) is 0. The van der Waals surface area contributed by atoms with Crippen LogP contribution in [0.15, 0.2) is 35.8 Å². The van der Waals surface area contributed by atoms with Gasteiger partial charge in [0.2, 0.25) is 0 Å². The molecular formula is C15H12N2O4S. The van der Waals surface area contributed by atoms with E-state index in [1.165, 1.54) is 13.2 Å². The monoisotopic (exact) mass is 316 g/mol. The van der Waals surface area contributed by atoms with Crippen LogP contribution in [0.3, 0.4) is 0 Å². The molecule has 0 spiro atoms. The van der Waals surface area contributed by atoms with E-state index in [2.05, 4.69) is 4.98 Å². The van der Waals surface area contributed by atoms with Crippen molar-refractivity contribution in [1.82, 2.24) is 9.38 Å². The molecule has 0 saturated carbocycles. The van der Waals surface area contributed by atoms with Gasteiger partial charge in [-0.3, -0.25) is 0 Å². The van der Waals surface area contributed by atoms with Crippen LogP contribution in [-0.2, 0) is 11.2 Å². The minimum Gasteiger partial charge on any atom is -0.476 e. The number of carbonyl (C=O) groups is 2. The minimum atomic E-state index is -1.10. The van der Waals surface area contributed by atoms with Crippen molar-refractivity contribution >= 4 is 28.8 Å². The third kappa shape index (κ3) is 2.46. The third-order valence-corrected chi connectivity index (χ3v) is 4.12. The van der Waals surface area contributed by atoms with Crippen LogP contribution >= 0.6 is 11.3 Å². The number of nitrogens with zero attached hydrogens (tertiary/aromatic N) is 2. The van der Waals surface area contributed by atoms with Crippen LogP contribution < -0.4 is 0 Å². The Balaban J connectivity index is 2.16. The Morgan fingerprint density at radius 2 is 2.18 bits per heavy atom. The number of ether oxygens (including phenoxy) is 1. The molecule has 3 aromatic rings. The fraction of sp³-hybridized carbons (Fsp3) is 0.133. The van der Waals surface area contributed by atoms with E-state index >= 15 is 0 Å². The minimum absolute atomic E-state index is 0.0250. The lowest BCUT2D eigenvalue weighted by Crippen LogP contribution is -2.04. The molecule has 1 N–H and O–H groups in total. The number of carboxylic acid groups (broad SMARTS) is 1. The highest BCUT2D eigenvalue weighted by molar-refractivity contribution is 7.09. The largest absolute Gasteiger partial charge is 0.476 e. The van der Waals surface area contributed by atoms with E-state index in [1.54, 1.807) is 28.0 Å². The Morgan fingerprint density at radius 1 is 1.36 bits per heavy atom. The summed E-state index contributed by atoms with van der Waals surface area (Å²) in [5.74, 6) is -1.00. The molecule has 0 radical (unpaired) electrons. The highest BCUT2D eigenvalue weighted by Gasteiger charge is 2.18. The van der Waals surface area contributed by atoms with Gasteiger partial charge in [0.1, 0.15) is 5.82 Å². The maximum Gasteiger partial charge on any atom is 0.356 e. The lowest BCUT2D eigenvalue weighted by Gasteiger charge is -2.03. The standard InChI is InChI=1S/C15H12N2O4S/c1-21-15(20)9-4-5-11-13(14(18)19)16-12(17(11)8-9)7-10-3-2-6-22-10/h2-6,8H,7H2,1H3,(H,18,19). The molecule has 0 saturated heterocycles. The molecule has 3 heterocycles. The van der Waals surface area contributed by atoms with Crippen molar-refractivity contribution < 1.29 is 19.4 Å². The fourth-order valence-electron chi connectivity index (χ4n) is 2.24. The normalized spacial score (nSPS) is 10.8. The number of imidazole rings is 1. The van der Waals surface area contributed by atoms with Gasteiger partial charge in [0.05, 0.1) is 18.2 Å². The summed E-state index contributed by atoms with van der Waals surface area (Å²) in [5.41, 5.74) is 0.770. The molecule has 6 nitrogen and oxygen atoms in total. The predicted molar refractivity (Wildman–Crippen MR) is 80.6 cm³/mol. The number of thiophene rings is 1. The summed E-state index contributed by atoms with van der Waals surface area (Å²) in [6.07, 6.45) is 2.06. The first-order valence-corrected chi connectivity index (χ1v) is 7.33. The molecule has 7 heteroatoms. The van der Waals surface area contributed by atoms with E-state index in [4.69, 9.17) is 4.74 Å². The first kappa shape index (κ1) is 14.3. The highest BCUT2D eigenvalue weighted by atomic mass is 32.1. The van der Waals surface area contributed by atoms with Gasteiger partial charge >= 0.3 is 11.9 Å². The van der Waals surface area contributed by atoms with E-state index in [0.29, 0.717) is 23.3 Å². The summed E-state index contributed by atoms with van der Waals surface area (Å²) in [7, 11) is 1.30. The Kier molecular flexibility index (Phi) is 3.64. The van der Waals surface area contributed by atoms with Crippen molar-refractivity contribution in [2.45, 2.75) is 6.42 Å². The second-order valence-electron chi connectivity index (χ2n) is 4.60. The second-order valence-corrected chi connectivity index (χ2v) is 5.63. The lowest BCUT2D eigenvalue weighted by molar-refractivity contribution is 0.0599. The molecule has 3 rings (SSSR count). The zero-order valence-electron chi connectivity index (χ0n) is 11.6. The number of rotatable bonds is 4. The zero-order valence-corrected chi connectivity index (χ0v) is 12.5. The summed E-state index contributed by atoms with van der Waals surface area (Å²) in [4.78, 5) is 28.3. The molecule has 0 aliphatic heterocycles. The molecule has 0 atom stereocenters. The smallest absolute Gasteiger partial charge is 0.356 e. The predicted octanol–water partition coefficient (Wildman–Crippen LogP) is 2.47. The van der Waals surface area contributed by atoms with E-state index in [1.807, 2.05) is 17.5 Å². The summed E-state index contributed by atoms with van der Waals surface area (Å²) in [5, 5.41) is 11.2. The number of fused-ring (bicyclic) bond motifs is 1. The first-order chi connectivity index (χ1) is 10.6. The van der Waals surface area contributed by atoms with Crippen LogP contribution in [-0.4, -0.2) is 33.5 Å². The topological polar surface area (TPSA) is 80.9 Å². The number of carboxylic acids is 1. The number of aromatic nitrogens is 2. The van der Waals surface area contributed by atoms with E-state index in [-0.39, 0.29) is 5.69 Å². The molecule has 0 aliphatic carbocycles. The van der Waals surface area contributed by atoms with Crippen molar-refractivity contribution in [3.05, 3.63) is 57.8 Å². The van der Waals surface area contributed by atoms with Gasteiger partial charge in [-0.1, -0.05) is 6.07 Å². The van der Waals surface area contributed by atoms with Gasteiger partial charge in [-0.2, -0.15) is 0 Å². The van der Waals surface area contributed by atoms with E-state index in [0.717, 1.165) is 4.88 Å².